The number of ether oxygens (including phenoxy) is 16. The van der Waals surface area contributed by atoms with E-state index >= 15 is 9.59 Å². The fourth-order valence-corrected chi connectivity index (χ4v) is 15.8. The Morgan fingerprint density at radius 2 is 0.672 bits per heavy atom. The number of fused-ring (bicyclic) bond motifs is 1. The molecule has 0 spiro atoms. The molecule has 4 saturated heterocycles. The number of hydrogen-bond acceptors (Lipinski definition) is 23. The highest BCUT2D eigenvalue weighted by Gasteiger charge is 2.58. The Morgan fingerprint density at radius 3 is 1.12 bits per heavy atom. The van der Waals surface area contributed by atoms with Gasteiger partial charge < -0.3 is 90.9 Å². The van der Waals surface area contributed by atoms with E-state index in [9.17, 15) is 24.6 Å². The molecule has 0 saturated carbocycles. The van der Waals surface area contributed by atoms with Crippen LogP contribution in [0, 0.1) is 23.7 Å². The van der Waals surface area contributed by atoms with E-state index in [0.29, 0.717) is 0 Å². The average Bonchev–Trinajstić information content (AvgIpc) is 0.765. The summed E-state index contributed by atoms with van der Waals surface area (Å²) in [6.07, 6.45) is -21.9. The van der Waals surface area contributed by atoms with Crippen molar-refractivity contribution >= 4 is 40.7 Å². The zero-order chi connectivity index (χ0) is 84.7. The number of rotatable bonds is 35. The number of esters is 4. The van der Waals surface area contributed by atoms with Crippen molar-refractivity contribution in [1.82, 2.24) is 4.90 Å². The third-order valence-electron chi connectivity index (χ3n) is 22.6. The number of carbonyl (C=O) groups is 5. The monoisotopic (exact) mass is 1660 g/mol. The minimum atomic E-state index is -1.70. The average molecular weight is 1660 g/mol. The van der Waals surface area contributed by atoms with Crippen LogP contribution >= 0.6 is 0 Å². The fraction of sp³-hybridized carbons (Fsp3) is 0.357. The van der Waals surface area contributed by atoms with E-state index in [-0.39, 0.29) is 81.6 Å². The smallest absolute Gasteiger partial charge is 0.410 e. The van der Waals surface area contributed by atoms with Gasteiger partial charge in [0.05, 0.1) is 99.5 Å². The van der Waals surface area contributed by atoms with Gasteiger partial charge in [-0.2, -0.15) is 0 Å². The van der Waals surface area contributed by atoms with Crippen LogP contribution in [0.3, 0.4) is 0 Å². The van der Waals surface area contributed by atoms with Crippen LogP contribution < -0.4 is 0 Å². The van der Waals surface area contributed by atoms with Gasteiger partial charge in [0.25, 0.3) is 0 Å². The normalized spacial score (nSPS) is 26.4. The molecule has 0 bridgehead atoms. The van der Waals surface area contributed by atoms with Gasteiger partial charge in [-0.1, -0.05) is 258 Å². The van der Waals surface area contributed by atoms with Crippen LogP contribution in [0.2, 0.25) is 0 Å². The van der Waals surface area contributed by atoms with Crippen molar-refractivity contribution in [3.63, 3.8) is 0 Å². The highest BCUT2D eigenvalue weighted by molar-refractivity contribution is 5.91. The lowest BCUT2D eigenvalue weighted by molar-refractivity contribution is -0.378. The molecule has 4 fully saturated rings. The third kappa shape index (κ3) is 22.7. The van der Waals surface area contributed by atoms with Crippen molar-refractivity contribution in [3.05, 3.63) is 335 Å². The second-order valence-corrected chi connectivity index (χ2v) is 31.0. The fourth-order valence-electron chi connectivity index (χ4n) is 15.8. The van der Waals surface area contributed by atoms with E-state index in [1.165, 1.54) is 4.90 Å². The van der Waals surface area contributed by atoms with Crippen LogP contribution in [-0.2, 0) is 109 Å². The first-order chi connectivity index (χ1) is 59.6. The summed E-state index contributed by atoms with van der Waals surface area (Å²) in [7, 11) is 0. The summed E-state index contributed by atoms with van der Waals surface area (Å²) in [5, 5.41) is 25.0. The van der Waals surface area contributed by atoms with Gasteiger partial charge in [0.2, 0.25) is 0 Å². The van der Waals surface area contributed by atoms with Crippen molar-refractivity contribution in [2.45, 2.75) is 159 Å². The number of carbonyl (C=O) groups excluding carboxylic acids is 5. The van der Waals surface area contributed by atoms with Crippen molar-refractivity contribution in [2.24, 2.45) is 23.7 Å². The zero-order valence-electron chi connectivity index (χ0n) is 68.4. The molecule has 10 aromatic rings. The highest BCUT2D eigenvalue weighted by atomic mass is 16.8. The lowest BCUT2D eigenvalue weighted by Crippen LogP contribution is -2.65. The summed E-state index contributed by atoms with van der Waals surface area (Å²) in [5.41, 5.74) is 4.83. The molecule has 4 heterocycles. The standard InChI is InChI=1S/C98H103NO23/c1-63-78(55-100)112-96(88(118-92(104)75-44-25-11-26-45-75)84(63)110-60-71-49-50-72-39-29-30-48-77(72)53-71)120-83-66(4)87(117-91(103)74-42-23-10-24-43-74)95(115-81(83)62-108-58-69-35-17-7-18-36-69)122-85-64(2)79(56-101)113-97(89(85)119-93(105)76-46-27-12-28-47-76)121-82-65(3)86(116-90(102)73-40-21-9-22-41-73)94(114-80(82)61-107-57-68-33-15-6-16-34-68)109-52-51-99(54-67-31-13-5-14-32-67)98(106)111-59-70-37-19-8-20-38-70/h5-50,53,63-66,78-89,94-97,100-101H,51-52,54-62H2,1-4H3. The first-order valence-corrected chi connectivity index (χ1v) is 41.4. The number of benzene rings is 10. The highest BCUT2D eigenvalue weighted by Crippen LogP contribution is 2.43. The Hall–Kier alpha value is -10.9. The molecule has 20 atom stereocenters. The summed E-state index contributed by atoms with van der Waals surface area (Å²) in [5.74, 6) is -6.56. The summed E-state index contributed by atoms with van der Waals surface area (Å²) < 4.78 is 109. The van der Waals surface area contributed by atoms with Gasteiger partial charge in [0.15, 0.2) is 49.6 Å². The van der Waals surface area contributed by atoms with E-state index in [2.05, 4.69) is 0 Å². The first kappa shape index (κ1) is 87.4. The van der Waals surface area contributed by atoms with E-state index in [0.717, 1.165) is 38.6 Å². The Balaban J connectivity index is 0.818. The molecule has 0 radical (unpaired) electrons. The molecule has 24 heteroatoms. The first-order valence-electron chi connectivity index (χ1n) is 41.4. The molecule has 638 valence electrons. The Labute approximate surface area is 709 Å². The Bertz CT molecular complexity index is 4920. The van der Waals surface area contributed by atoms with Crippen LogP contribution in [0.4, 0.5) is 4.79 Å². The van der Waals surface area contributed by atoms with E-state index in [4.69, 9.17) is 75.8 Å². The third-order valence-corrected chi connectivity index (χ3v) is 22.6. The molecule has 24 nitrogen and oxygen atoms in total. The van der Waals surface area contributed by atoms with Crippen LogP contribution in [0.25, 0.3) is 10.8 Å². The molecular formula is C98H103NO23. The minimum Gasteiger partial charge on any atom is -0.453 e. The SMILES string of the molecule is CC1C(OC2OC(CO)C(C)C(OCc3ccc4ccccc4c3)C2OC(=O)c2ccccc2)C(COCc2ccccc2)OC(OC2C(C)C(CO)OC(OC3C(COCc4ccccc4)OC(OCCN(Cc4ccccc4)C(=O)OCc4ccccc4)C(OC(=O)c4ccccc4)C3C)C2OC(=O)c2ccccc2)C1OC(=O)c1ccccc1. The molecule has 10 aromatic carbocycles. The maximum Gasteiger partial charge on any atom is 0.410 e. The Morgan fingerprint density at radius 1 is 0.320 bits per heavy atom. The largest absolute Gasteiger partial charge is 0.453 e. The van der Waals surface area contributed by atoms with E-state index in [1.807, 2.05) is 171 Å². The topological polar surface area (TPSA) is 277 Å². The predicted octanol–water partition coefficient (Wildman–Crippen LogP) is 14.5. The number of aliphatic hydroxyl groups excluding tert-OH is 2. The van der Waals surface area contributed by atoms with Gasteiger partial charge in [-0.15, -0.1) is 0 Å². The van der Waals surface area contributed by atoms with E-state index in [1.54, 1.807) is 142 Å². The van der Waals surface area contributed by atoms with Crippen molar-refractivity contribution in [2.75, 3.05) is 39.6 Å². The molecular weight excluding hydrogens is 1560 g/mol. The van der Waals surface area contributed by atoms with Gasteiger partial charge in [-0.3, -0.25) is 0 Å². The number of nitrogens with zero attached hydrogens (tertiary/aromatic N) is 1. The molecule has 0 aromatic heterocycles. The van der Waals surface area contributed by atoms with Crippen molar-refractivity contribution in [3.8, 4) is 0 Å². The summed E-state index contributed by atoms with van der Waals surface area (Å²) in [6.45, 7) is 5.81. The molecule has 14 rings (SSSR count). The molecule has 1 amide bonds. The van der Waals surface area contributed by atoms with Crippen molar-refractivity contribution in [1.29, 1.82) is 0 Å². The van der Waals surface area contributed by atoms with Gasteiger partial charge in [0.1, 0.15) is 31.0 Å². The summed E-state index contributed by atoms with van der Waals surface area (Å²) in [6, 6.07) is 85.0. The molecule has 2 N–H and O–H groups in total. The Kier molecular flexibility index (Phi) is 31.0. The van der Waals surface area contributed by atoms with Gasteiger partial charge in [-0.05, 0) is 93.2 Å². The maximum absolute atomic E-state index is 15.2. The van der Waals surface area contributed by atoms with Gasteiger partial charge >= 0.3 is 30.0 Å². The number of aliphatic hydroxyl groups is 2. The van der Waals surface area contributed by atoms with E-state index < -0.39 is 165 Å². The molecule has 4 aliphatic rings. The summed E-state index contributed by atoms with van der Waals surface area (Å²) >= 11 is 0. The lowest BCUT2D eigenvalue weighted by atomic mass is 9.87. The minimum absolute atomic E-state index is 0.00893. The van der Waals surface area contributed by atoms with Gasteiger partial charge in [0, 0.05) is 36.8 Å². The predicted molar refractivity (Wildman–Crippen MR) is 447 cm³/mol. The summed E-state index contributed by atoms with van der Waals surface area (Å²) in [4.78, 5) is 75.2. The van der Waals surface area contributed by atoms with Crippen LogP contribution in [-0.4, -0.2) is 183 Å². The number of amides is 1. The molecule has 4 aliphatic heterocycles. The lowest BCUT2D eigenvalue weighted by Gasteiger charge is -2.51. The molecule has 0 aliphatic carbocycles. The number of hydrogen-bond donors (Lipinski definition) is 2. The van der Waals surface area contributed by atoms with Gasteiger partial charge in [-0.25, -0.2) is 24.0 Å². The quantitative estimate of drug-likeness (QED) is 0.0276. The second-order valence-electron chi connectivity index (χ2n) is 31.0. The molecule has 20 unspecified atom stereocenters. The van der Waals surface area contributed by atoms with Crippen LogP contribution in [0.1, 0.15) is 96.9 Å². The maximum atomic E-state index is 15.2. The van der Waals surface area contributed by atoms with Crippen molar-refractivity contribution < 1.29 is 110 Å². The molecule has 122 heavy (non-hydrogen) atoms. The zero-order valence-corrected chi connectivity index (χ0v) is 68.4. The second kappa shape index (κ2) is 43.2. The van der Waals surface area contributed by atoms with Crippen LogP contribution in [0.5, 0.6) is 0 Å². The van der Waals surface area contributed by atoms with Crippen LogP contribution in [0.15, 0.2) is 285 Å².